The first kappa shape index (κ1) is 21.1. The maximum absolute atomic E-state index is 12.0. The lowest BCUT2D eigenvalue weighted by atomic mass is 10.1. The molecule has 0 saturated carbocycles. The van der Waals surface area contributed by atoms with E-state index in [9.17, 15) is 14.4 Å². The highest BCUT2D eigenvalue weighted by Gasteiger charge is 2.18. The lowest BCUT2D eigenvalue weighted by Crippen LogP contribution is -2.37. The summed E-state index contributed by atoms with van der Waals surface area (Å²) in [6.45, 7) is 3.42. The molecular weight excluding hydrogens is 388 g/mol. The van der Waals surface area contributed by atoms with Gasteiger partial charge in [-0.05, 0) is 61.7 Å². The molecule has 0 atom stereocenters. The smallest absolute Gasteiger partial charge is 0.329 e. The SMILES string of the molecule is C/C(=N/NC(=O)C(=O)NCc1ccco1)c1ccc(OCC(=O)N2CCCC2)cc1. The average molecular weight is 412 g/mol. The number of amides is 3. The third-order valence-corrected chi connectivity index (χ3v) is 4.63. The van der Waals surface area contributed by atoms with Gasteiger partial charge in [0.25, 0.3) is 5.91 Å². The molecule has 0 radical (unpaired) electrons. The number of hydrogen-bond acceptors (Lipinski definition) is 6. The van der Waals surface area contributed by atoms with Gasteiger partial charge >= 0.3 is 11.8 Å². The minimum atomic E-state index is -0.874. The molecule has 2 aromatic rings. The molecule has 1 aromatic carbocycles. The quantitative estimate of drug-likeness (QED) is 0.406. The third-order valence-electron chi connectivity index (χ3n) is 4.63. The highest BCUT2D eigenvalue weighted by atomic mass is 16.5. The Morgan fingerprint density at radius 2 is 1.83 bits per heavy atom. The van der Waals surface area contributed by atoms with Gasteiger partial charge in [-0.1, -0.05) is 0 Å². The van der Waals surface area contributed by atoms with E-state index >= 15 is 0 Å². The monoisotopic (exact) mass is 412 g/mol. The van der Waals surface area contributed by atoms with Gasteiger partial charge in [0.2, 0.25) is 0 Å². The fourth-order valence-corrected chi connectivity index (χ4v) is 2.91. The van der Waals surface area contributed by atoms with Crippen molar-refractivity contribution >= 4 is 23.4 Å². The minimum absolute atomic E-state index is 0.00952. The van der Waals surface area contributed by atoms with Gasteiger partial charge in [0, 0.05) is 13.1 Å². The molecule has 1 aliphatic heterocycles. The number of rotatable bonds is 7. The second kappa shape index (κ2) is 10.2. The second-order valence-electron chi connectivity index (χ2n) is 6.80. The van der Waals surface area contributed by atoms with E-state index in [1.54, 1.807) is 48.2 Å². The highest BCUT2D eigenvalue weighted by Crippen LogP contribution is 2.14. The highest BCUT2D eigenvalue weighted by molar-refractivity contribution is 6.35. The van der Waals surface area contributed by atoms with Crippen LogP contribution in [0.2, 0.25) is 0 Å². The van der Waals surface area contributed by atoms with E-state index < -0.39 is 11.8 Å². The number of likely N-dealkylation sites (tertiary alicyclic amines) is 1. The van der Waals surface area contributed by atoms with Crippen molar-refractivity contribution < 1.29 is 23.5 Å². The number of hydrazone groups is 1. The summed E-state index contributed by atoms with van der Waals surface area (Å²) in [6, 6.07) is 10.4. The molecule has 3 amide bonds. The van der Waals surface area contributed by atoms with Crippen LogP contribution in [0.5, 0.6) is 5.75 Å². The van der Waals surface area contributed by atoms with E-state index in [2.05, 4.69) is 15.8 Å². The van der Waals surface area contributed by atoms with Gasteiger partial charge in [0.05, 0.1) is 18.5 Å². The van der Waals surface area contributed by atoms with Crippen LogP contribution < -0.4 is 15.5 Å². The summed E-state index contributed by atoms with van der Waals surface area (Å²) in [4.78, 5) is 37.4. The van der Waals surface area contributed by atoms with E-state index in [-0.39, 0.29) is 19.1 Å². The Balaban J connectivity index is 1.45. The fourth-order valence-electron chi connectivity index (χ4n) is 2.91. The van der Waals surface area contributed by atoms with Crippen LogP contribution in [0.3, 0.4) is 0 Å². The summed E-state index contributed by atoms with van der Waals surface area (Å²) in [6.07, 6.45) is 3.57. The predicted molar refractivity (Wildman–Crippen MR) is 109 cm³/mol. The predicted octanol–water partition coefficient (Wildman–Crippen LogP) is 1.44. The Labute approximate surface area is 174 Å². The minimum Gasteiger partial charge on any atom is -0.484 e. The molecule has 1 aromatic heterocycles. The Morgan fingerprint density at radius 3 is 2.50 bits per heavy atom. The fraction of sp³-hybridized carbons (Fsp3) is 0.333. The molecule has 2 heterocycles. The molecule has 9 heteroatoms. The summed E-state index contributed by atoms with van der Waals surface area (Å²) in [5.74, 6) is -0.585. The van der Waals surface area contributed by atoms with Gasteiger partial charge in [-0.2, -0.15) is 5.10 Å². The van der Waals surface area contributed by atoms with Crippen molar-refractivity contribution in [2.75, 3.05) is 19.7 Å². The number of nitrogens with zero attached hydrogens (tertiary/aromatic N) is 2. The van der Waals surface area contributed by atoms with Gasteiger partial charge in [-0.3, -0.25) is 14.4 Å². The van der Waals surface area contributed by atoms with Crippen LogP contribution in [0.4, 0.5) is 0 Å². The first-order valence-corrected chi connectivity index (χ1v) is 9.69. The molecule has 0 aliphatic carbocycles. The van der Waals surface area contributed by atoms with Crippen molar-refractivity contribution in [3.63, 3.8) is 0 Å². The van der Waals surface area contributed by atoms with Crippen molar-refractivity contribution in [2.45, 2.75) is 26.3 Å². The summed E-state index contributed by atoms with van der Waals surface area (Å²) in [5.41, 5.74) is 3.48. The number of carbonyl (C=O) groups excluding carboxylic acids is 3. The number of ether oxygens (including phenoxy) is 1. The zero-order chi connectivity index (χ0) is 21.3. The number of benzene rings is 1. The normalized spacial score (nSPS) is 13.8. The van der Waals surface area contributed by atoms with Crippen LogP contribution >= 0.6 is 0 Å². The first-order chi connectivity index (χ1) is 14.5. The van der Waals surface area contributed by atoms with Crippen molar-refractivity contribution in [1.29, 1.82) is 0 Å². The molecule has 30 heavy (non-hydrogen) atoms. The van der Waals surface area contributed by atoms with Gasteiger partial charge in [0.1, 0.15) is 11.5 Å². The van der Waals surface area contributed by atoms with Crippen molar-refractivity contribution in [3.8, 4) is 5.75 Å². The number of carbonyl (C=O) groups is 3. The van der Waals surface area contributed by atoms with Crippen LogP contribution in [-0.2, 0) is 20.9 Å². The summed E-state index contributed by atoms with van der Waals surface area (Å²) in [5, 5.41) is 6.39. The van der Waals surface area contributed by atoms with Crippen LogP contribution in [0.25, 0.3) is 0 Å². The van der Waals surface area contributed by atoms with Crippen LogP contribution in [0.1, 0.15) is 31.1 Å². The van der Waals surface area contributed by atoms with Crippen molar-refractivity contribution in [1.82, 2.24) is 15.6 Å². The van der Waals surface area contributed by atoms with E-state index in [0.29, 0.717) is 17.2 Å². The van der Waals surface area contributed by atoms with Crippen LogP contribution in [0.15, 0.2) is 52.2 Å². The Hall–Kier alpha value is -3.62. The standard InChI is InChI=1S/C21H24N4O5/c1-15(23-24-21(28)20(27)22-13-18-5-4-12-29-18)16-6-8-17(9-7-16)30-14-19(26)25-10-2-3-11-25/h4-9,12H,2-3,10-11,13-14H2,1H3,(H,22,27)(H,24,28)/b23-15-. The molecular formula is C21H24N4O5. The van der Waals surface area contributed by atoms with Gasteiger partial charge < -0.3 is 19.4 Å². The van der Waals surface area contributed by atoms with Crippen LogP contribution in [0, 0.1) is 0 Å². The molecule has 1 aliphatic rings. The van der Waals surface area contributed by atoms with E-state index in [1.165, 1.54) is 6.26 Å². The zero-order valence-corrected chi connectivity index (χ0v) is 16.7. The molecule has 3 rings (SSSR count). The topological polar surface area (TPSA) is 113 Å². The molecule has 1 fully saturated rings. The maximum Gasteiger partial charge on any atom is 0.329 e. The first-order valence-electron chi connectivity index (χ1n) is 9.69. The molecule has 0 bridgehead atoms. The lowest BCUT2D eigenvalue weighted by molar-refractivity contribution is -0.139. The summed E-state index contributed by atoms with van der Waals surface area (Å²) < 4.78 is 10.6. The van der Waals surface area contributed by atoms with E-state index in [0.717, 1.165) is 31.5 Å². The molecule has 9 nitrogen and oxygen atoms in total. The maximum atomic E-state index is 12.0. The average Bonchev–Trinajstić information content (AvgIpc) is 3.48. The number of furan rings is 1. The molecule has 158 valence electrons. The summed E-state index contributed by atoms with van der Waals surface area (Å²) in [7, 11) is 0. The molecule has 0 spiro atoms. The lowest BCUT2D eigenvalue weighted by Gasteiger charge is -2.15. The Kier molecular flexibility index (Phi) is 7.20. The molecule has 2 N–H and O–H groups in total. The van der Waals surface area contributed by atoms with Gasteiger partial charge in [-0.25, -0.2) is 5.43 Å². The Morgan fingerprint density at radius 1 is 1.10 bits per heavy atom. The van der Waals surface area contributed by atoms with Gasteiger partial charge in [-0.15, -0.1) is 0 Å². The van der Waals surface area contributed by atoms with E-state index in [4.69, 9.17) is 9.15 Å². The van der Waals surface area contributed by atoms with Gasteiger partial charge in [0.15, 0.2) is 6.61 Å². The molecule has 0 unspecified atom stereocenters. The van der Waals surface area contributed by atoms with E-state index in [1.807, 2.05) is 0 Å². The van der Waals surface area contributed by atoms with Crippen LogP contribution in [-0.4, -0.2) is 48.0 Å². The van der Waals surface area contributed by atoms with Crippen molar-refractivity contribution in [3.05, 3.63) is 54.0 Å². The molecule has 1 saturated heterocycles. The third kappa shape index (κ3) is 5.94. The largest absolute Gasteiger partial charge is 0.484 e. The zero-order valence-electron chi connectivity index (χ0n) is 16.7. The second-order valence-corrected chi connectivity index (χ2v) is 6.80. The van der Waals surface area contributed by atoms with Crippen molar-refractivity contribution in [2.24, 2.45) is 5.10 Å². The number of nitrogens with one attached hydrogen (secondary N) is 2. The number of hydrogen-bond donors (Lipinski definition) is 2. The Bertz CT molecular complexity index is 900. The summed E-state index contributed by atoms with van der Waals surface area (Å²) >= 11 is 0.